The van der Waals surface area contributed by atoms with Crippen LogP contribution in [0.4, 0.5) is 0 Å². The van der Waals surface area contributed by atoms with Gasteiger partial charge in [-0.2, -0.15) is 0 Å². The SMILES string of the molecule is COCCNCC(=O)N(CCOC)C(C)C1CC1. The zero-order chi connectivity index (χ0) is 13.4. The van der Waals surface area contributed by atoms with Crippen LogP contribution in [0.3, 0.4) is 0 Å². The molecular weight excluding hydrogens is 232 g/mol. The Labute approximate surface area is 110 Å². The second kappa shape index (κ2) is 8.45. The van der Waals surface area contributed by atoms with Crippen molar-refractivity contribution >= 4 is 5.91 Å². The molecule has 5 heteroatoms. The highest BCUT2D eigenvalue weighted by atomic mass is 16.5. The Bertz CT molecular complexity index is 244. The lowest BCUT2D eigenvalue weighted by Crippen LogP contribution is -2.46. The average molecular weight is 258 g/mol. The van der Waals surface area contributed by atoms with Crippen LogP contribution in [0.5, 0.6) is 0 Å². The lowest BCUT2D eigenvalue weighted by atomic mass is 10.2. The summed E-state index contributed by atoms with van der Waals surface area (Å²) in [5.41, 5.74) is 0. The van der Waals surface area contributed by atoms with Crippen molar-refractivity contribution < 1.29 is 14.3 Å². The van der Waals surface area contributed by atoms with Crippen LogP contribution < -0.4 is 5.32 Å². The number of carbonyl (C=O) groups is 1. The first-order valence-corrected chi connectivity index (χ1v) is 6.68. The molecule has 0 saturated heterocycles. The van der Waals surface area contributed by atoms with Gasteiger partial charge >= 0.3 is 0 Å². The second-order valence-electron chi connectivity index (χ2n) is 4.83. The molecule has 0 aliphatic heterocycles. The molecule has 1 unspecified atom stereocenters. The molecule has 1 atom stereocenters. The van der Waals surface area contributed by atoms with Crippen LogP contribution in [0.15, 0.2) is 0 Å². The zero-order valence-corrected chi connectivity index (χ0v) is 11.8. The fraction of sp³-hybridized carbons (Fsp3) is 0.923. The largest absolute Gasteiger partial charge is 0.383 e. The maximum atomic E-state index is 12.2. The van der Waals surface area contributed by atoms with E-state index in [1.807, 2.05) is 4.90 Å². The van der Waals surface area contributed by atoms with Gasteiger partial charge in [-0.1, -0.05) is 0 Å². The van der Waals surface area contributed by atoms with Crippen molar-refractivity contribution in [3.63, 3.8) is 0 Å². The Morgan fingerprint density at radius 1 is 1.33 bits per heavy atom. The molecule has 0 aromatic rings. The summed E-state index contributed by atoms with van der Waals surface area (Å²) in [7, 11) is 3.32. The molecule has 0 bridgehead atoms. The number of ether oxygens (including phenoxy) is 2. The standard InChI is InChI=1S/C13H26N2O3/c1-11(12-4-5-12)15(7-9-18-3)13(16)10-14-6-8-17-2/h11-12,14H,4-10H2,1-3H3. The van der Waals surface area contributed by atoms with Gasteiger partial charge in [-0.3, -0.25) is 4.79 Å². The third kappa shape index (κ3) is 5.33. The first-order chi connectivity index (χ1) is 8.70. The maximum Gasteiger partial charge on any atom is 0.236 e. The minimum Gasteiger partial charge on any atom is -0.383 e. The summed E-state index contributed by atoms with van der Waals surface area (Å²) in [6, 6.07) is 0.330. The molecule has 5 nitrogen and oxygen atoms in total. The molecule has 1 aliphatic carbocycles. The molecule has 18 heavy (non-hydrogen) atoms. The van der Waals surface area contributed by atoms with E-state index in [1.54, 1.807) is 14.2 Å². The maximum absolute atomic E-state index is 12.2. The number of nitrogens with zero attached hydrogens (tertiary/aromatic N) is 1. The number of amides is 1. The molecule has 0 aromatic heterocycles. The molecule has 1 saturated carbocycles. The van der Waals surface area contributed by atoms with Crippen LogP contribution in [0, 0.1) is 5.92 Å². The number of carbonyl (C=O) groups excluding carboxylic acids is 1. The fourth-order valence-electron chi connectivity index (χ4n) is 2.05. The van der Waals surface area contributed by atoms with E-state index < -0.39 is 0 Å². The van der Waals surface area contributed by atoms with Crippen molar-refractivity contribution in [2.24, 2.45) is 5.92 Å². The highest BCUT2D eigenvalue weighted by Gasteiger charge is 2.33. The Morgan fingerprint density at radius 2 is 2.00 bits per heavy atom. The summed E-state index contributed by atoms with van der Waals surface area (Å²) in [4.78, 5) is 14.1. The minimum atomic E-state index is 0.155. The van der Waals surface area contributed by atoms with Gasteiger partial charge in [-0.05, 0) is 25.7 Å². The van der Waals surface area contributed by atoms with E-state index in [4.69, 9.17) is 9.47 Å². The van der Waals surface area contributed by atoms with Crippen LogP contribution in [-0.4, -0.2) is 63.9 Å². The Hall–Kier alpha value is -0.650. The quantitative estimate of drug-likeness (QED) is 0.580. The van der Waals surface area contributed by atoms with Crippen LogP contribution in [0.2, 0.25) is 0 Å². The van der Waals surface area contributed by atoms with Gasteiger partial charge in [0.25, 0.3) is 0 Å². The molecule has 0 heterocycles. The molecule has 1 N–H and O–H groups in total. The Kier molecular flexibility index (Phi) is 7.23. The molecule has 1 rings (SSSR count). The predicted molar refractivity (Wildman–Crippen MR) is 70.5 cm³/mol. The van der Waals surface area contributed by atoms with Gasteiger partial charge in [0.1, 0.15) is 0 Å². The summed E-state index contributed by atoms with van der Waals surface area (Å²) in [5, 5.41) is 3.10. The molecule has 1 aliphatic rings. The summed E-state index contributed by atoms with van der Waals surface area (Å²) < 4.78 is 10.0. The first kappa shape index (κ1) is 15.4. The monoisotopic (exact) mass is 258 g/mol. The number of nitrogens with one attached hydrogen (secondary N) is 1. The van der Waals surface area contributed by atoms with E-state index in [0.717, 1.165) is 0 Å². The van der Waals surface area contributed by atoms with Crippen molar-refractivity contribution in [2.75, 3.05) is 47.1 Å². The average Bonchev–Trinajstić information content (AvgIpc) is 3.19. The van der Waals surface area contributed by atoms with E-state index in [9.17, 15) is 4.79 Å². The van der Waals surface area contributed by atoms with Gasteiger partial charge in [0.15, 0.2) is 0 Å². The summed E-state index contributed by atoms with van der Waals surface area (Å²) in [6.45, 7) is 5.13. The zero-order valence-electron chi connectivity index (χ0n) is 11.8. The Balaban J connectivity index is 2.34. The van der Waals surface area contributed by atoms with Gasteiger partial charge in [0, 0.05) is 33.4 Å². The molecule has 0 spiro atoms. The molecule has 0 aromatic carbocycles. The molecule has 0 radical (unpaired) electrons. The van der Waals surface area contributed by atoms with Crippen LogP contribution >= 0.6 is 0 Å². The van der Waals surface area contributed by atoms with Crippen molar-refractivity contribution in [1.82, 2.24) is 10.2 Å². The number of hydrogen-bond donors (Lipinski definition) is 1. The van der Waals surface area contributed by atoms with Crippen LogP contribution in [-0.2, 0) is 14.3 Å². The van der Waals surface area contributed by atoms with Crippen LogP contribution in [0.25, 0.3) is 0 Å². The molecular formula is C13H26N2O3. The van der Waals surface area contributed by atoms with Gasteiger partial charge in [0.05, 0.1) is 19.8 Å². The predicted octanol–water partition coefficient (Wildman–Crippen LogP) is 0.496. The lowest BCUT2D eigenvalue weighted by molar-refractivity contribution is -0.133. The molecule has 1 amide bonds. The normalized spacial score (nSPS) is 16.6. The molecule has 1 fully saturated rings. The fourth-order valence-corrected chi connectivity index (χ4v) is 2.05. The van der Waals surface area contributed by atoms with Crippen molar-refractivity contribution in [3.05, 3.63) is 0 Å². The van der Waals surface area contributed by atoms with E-state index >= 15 is 0 Å². The van der Waals surface area contributed by atoms with Gasteiger partial charge in [-0.25, -0.2) is 0 Å². The van der Waals surface area contributed by atoms with Gasteiger partial charge in [-0.15, -0.1) is 0 Å². The van der Waals surface area contributed by atoms with E-state index in [0.29, 0.717) is 44.8 Å². The summed E-state index contributed by atoms with van der Waals surface area (Å²) >= 11 is 0. The number of rotatable bonds is 10. The highest BCUT2D eigenvalue weighted by molar-refractivity contribution is 5.78. The smallest absolute Gasteiger partial charge is 0.236 e. The number of hydrogen-bond acceptors (Lipinski definition) is 4. The highest BCUT2D eigenvalue weighted by Crippen LogP contribution is 2.35. The van der Waals surface area contributed by atoms with Crippen LogP contribution in [0.1, 0.15) is 19.8 Å². The van der Waals surface area contributed by atoms with E-state index in [1.165, 1.54) is 12.8 Å². The van der Waals surface area contributed by atoms with Crippen molar-refractivity contribution in [3.8, 4) is 0 Å². The molecule has 106 valence electrons. The lowest BCUT2D eigenvalue weighted by Gasteiger charge is -2.29. The number of methoxy groups -OCH3 is 2. The minimum absolute atomic E-state index is 0.155. The van der Waals surface area contributed by atoms with E-state index in [-0.39, 0.29) is 5.91 Å². The van der Waals surface area contributed by atoms with Gasteiger partial charge in [0.2, 0.25) is 5.91 Å². The van der Waals surface area contributed by atoms with Gasteiger partial charge < -0.3 is 19.7 Å². The first-order valence-electron chi connectivity index (χ1n) is 6.68. The summed E-state index contributed by atoms with van der Waals surface area (Å²) in [5.74, 6) is 0.840. The van der Waals surface area contributed by atoms with E-state index in [2.05, 4.69) is 12.2 Å². The third-order valence-corrected chi connectivity index (χ3v) is 3.41. The summed E-state index contributed by atoms with van der Waals surface area (Å²) in [6.07, 6.45) is 2.49. The second-order valence-corrected chi connectivity index (χ2v) is 4.83. The Morgan fingerprint density at radius 3 is 2.56 bits per heavy atom. The van der Waals surface area contributed by atoms with Crippen molar-refractivity contribution in [2.45, 2.75) is 25.8 Å². The third-order valence-electron chi connectivity index (χ3n) is 3.41. The van der Waals surface area contributed by atoms with Crippen molar-refractivity contribution in [1.29, 1.82) is 0 Å². The topological polar surface area (TPSA) is 50.8 Å².